The molecule has 67 heavy (non-hydrogen) atoms. The van der Waals surface area contributed by atoms with Crippen LogP contribution in [0.1, 0.15) is 23.2 Å². The van der Waals surface area contributed by atoms with E-state index in [0.717, 1.165) is 18.5 Å². The predicted molar refractivity (Wildman–Crippen MR) is 284 cm³/mol. The molecule has 4 aromatic heterocycles. The molecular weight excluding hydrogens is 833 g/mol. The minimum absolute atomic E-state index is 1.03. The van der Waals surface area contributed by atoms with Gasteiger partial charge in [-0.2, -0.15) is 0 Å². The zero-order valence-electron chi connectivity index (χ0n) is 37.2. The van der Waals surface area contributed by atoms with E-state index < -0.39 is 0 Å². The fourth-order valence-corrected chi connectivity index (χ4v) is 12.3. The minimum Gasteiger partial charge on any atom is -0.347 e. The Hall–Kier alpha value is -7.99. The van der Waals surface area contributed by atoms with E-state index in [0.29, 0.717) is 0 Å². The molecular formula is C62H44N4S. The first-order valence-corrected chi connectivity index (χ1v) is 24.1. The Morgan fingerprint density at radius 1 is 0.343 bits per heavy atom. The summed E-state index contributed by atoms with van der Waals surface area (Å²) >= 11 is 1.84. The van der Waals surface area contributed by atoms with Crippen LogP contribution in [0.25, 0.3) is 110 Å². The van der Waals surface area contributed by atoms with Gasteiger partial charge < -0.3 is 18.3 Å². The van der Waals surface area contributed by atoms with Crippen molar-refractivity contribution in [2.45, 2.75) is 22.6 Å². The van der Waals surface area contributed by atoms with Crippen LogP contribution in [0, 0.1) is 0 Å². The van der Waals surface area contributed by atoms with Crippen molar-refractivity contribution in [2.24, 2.45) is 14.1 Å². The van der Waals surface area contributed by atoms with E-state index in [4.69, 9.17) is 0 Å². The van der Waals surface area contributed by atoms with Gasteiger partial charge in [-0.05, 0) is 138 Å². The van der Waals surface area contributed by atoms with Crippen molar-refractivity contribution >= 4 is 99.7 Å². The lowest BCUT2D eigenvalue weighted by Gasteiger charge is -2.17. The summed E-state index contributed by atoms with van der Waals surface area (Å²) in [4.78, 5) is 2.44. The average Bonchev–Trinajstić information content (AvgIpc) is 4.08. The zero-order valence-corrected chi connectivity index (χ0v) is 38.1. The van der Waals surface area contributed by atoms with E-state index in [1.165, 1.54) is 125 Å². The van der Waals surface area contributed by atoms with E-state index in [9.17, 15) is 0 Å². The molecule has 318 valence electrons. The number of rotatable bonds is 6. The van der Waals surface area contributed by atoms with E-state index in [1.807, 2.05) is 11.8 Å². The van der Waals surface area contributed by atoms with Gasteiger partial charge in [0.05, 0.1) is 22.1 Å². The Morgan fingerprint density at radius 3 is 1.45 bits per heavy atom. The highest BCUT2D eigenvalue weighted by molar-refractivity contribution is 7.99. The molecule has 0 saturated carbocycles. The van der Waals surface area contributed by atoms with Gasteiger partial charge in [0.1, 0.15) is 0 Å². The van der Waals surface area contributed by atoms with Crippen molar-refractivity contribution in [3.05, 3.63) is 217 Å². The zero-order chi connectivity index (χ0) is 44.3. The molecule has 0 N–H and O–H groups in total. The molecule has 4 heterocycles. The molecule has 0 aliphatic heterocycles. The Bertz CT molecular complexity index is 4230. The van der Waals surface area contributed by atoms with Crippen LogP contribution in [-0.2, 0) is 20.5 Å². The van der Waals surface area contributed by atoms with Crippen LogP contribution in [0.2, 0.25) is 0 Å². The molecule has 5 heteroatoms. The third-order valence-electron chi connectivity index (χ3n) is 14.6. The van der Waals surface area contributed by atoms with Gasteiger partial charge in [0.2, 0.25) is 0 Å². The van der Waals surface area contributed by atoms with Gasteiger partial charge in [0.25, 0.3) is 0 Å². The van der Waals surface area contributed by atoms with E-state index in [1.54, 1.807) is 0 Å². The molecule has 1 aliphatic rings. The summed E-state index contributed by atoms with van der Waals surface area (Å²) in [6.07, 6.45) is 4.51. The Kier molecular flexibility index (Phi) is 8.44. The van der Waals surface area contributed by atoms with Gasteiger partial charge in [-0.25, -0.2) is 0 Å². The van der Waals surface area contributed by atoms with Gasteiger partial charge in [-0.3, -0.25) is 0 Å². The molecule has 14 rings (SSSR count). The van der Waals surface area contributed by atoms with E-state index >= 15 is 0 Å². The number of hydrogen-bond donors (Lipinski definition) is 0. The van der Waals surface area contributed by atoms with Crippen LogP contribution in [0.5, 0.6) is 0 Å². The maximum absolute atomic E-state index is 2.45. The number of fused-ring (bicyclic) bond motifs is 12. The molecule has 9 aromatic carbocycles. The average molecular weight is 877 g/mol. The molecule has 0 amide bonds. The second kappa shape index (κ2) is 14.8. The summed E-state index contributed by atoms with van der Waals surface area (Å²) in [6.45, 7) is 0. The summed E-state index contributed by atoms with van der Waals surface area (Å²) < 4.78 is 9.56. The first-order chi connectivity index (χ1) is 33.0. The van der Waals surface area contributed by atoms with Crippen molar-refractivity contribution < 1.29 is 0 Å². The molecule has 0 radical (unpaired) electrons. The lowest BCUT2D eigenvalue weighted by Crippen LogP contribution is -2.03. The number of aryl methyl sites for hydroxylation is 2. The van der Waals surface area contributed by atoms with Gasteiger partial charge in [-0.15, -0.1) is 0 Å². The second-order valence-corrected chi connectivity index (χ2v) is 19.3. The number of nitrogens with zero attached hydrogens (tertiary/aromatic N) is 4. The van der Waals surface area contributed by atoms with Crippen LogP contribution in [-0.4, -0.2) is 18.3 Å². The van der Waals surface area contributed by atoms with Crippen molar-refractivity contribution in [1.82, 2.24) is 18.3 Å². The summed E-state index contributed by atoms with van der Waals surface area (Å²) in [7, 11) is 4.37. The molecule has 0 saturated heterocycles. The van der Waals surface area contributed by atoms with Gasteiger partial charge in [-0.1, -0.05) is 115 Å². The third-order valence-corrected chi connectivity index (χ3v) is 15.6. The maximum Gasteiger partial charge on any atom is 0.0541 e. The fourth-order valence-electron chi connectivity index (χ4n) is 11.4. The van der Waals surface area contributed by atoms with E-state index in [-0.39, 0.29) is 0 Å². The van der Waals surface area contributed by atoms with Crippen molar-refractivity contribution in [3.8, 4) is 22.5 Å². The molecule has 1 aliphatic carbocycles. The molecule has 0 bridgehead atoms. The standard InChI is InChI=1S/C62H44N4S/c1-63-55-21-7-3-17-47(55)51-35-41(25-29-57(51)63)39-13-11-15-43(33-39)65-59-23-9-5-19-49(59)53-37-45(27-31-61(53)65)67-46-28-32-62-54(38-46)50-20-6-10-24-60(50)66(62)44-16-12-14-40(34-44)42-26-30-58-52(36-42)48-18-4-8-22-56(48)64(58)2/h3-25,27-29,31-38H,26,30H2,1-2H3. The highest BCUT2D eigenvalue weighted by Crippen LogP contribution is 2.42. The van der Waals surface area contributed by atoms with Gasteiger partial charge in [0.15, 0.2) is 0 Å². The summed E-state index contributed by atoms with van der Waals surface area (Å²) in [6, 6.07) is 74.3. The van der Waals surface area contributed by atoms with Crippen LogP contribution in [0.15, 0.2) is 210 Å². The quantitative estimate of drug-likeness (QED) is 0.163. The van der Waals surface area contributed by atoms with Gasteiger partial charge in [0, 0.05) is 101 Å². The van der Waals surface area contributed by atoms with Crippen molar-refractivity contribution in [3.63, 3.8) is 0 Å². The fraction of sp³-hybridized carbons (Fsp3) is 0.0645. The van der Waals surface area contributed by atoms with Gasteiger partial charge >= 0.3 is 0 Å². The van der Waals surface area contributed by atoms with Crippen LogP contribution >= 0.6 is 11.8 Å². The minimum atomic E-state index is 1.03. The smallest absolute Gasteiger partial charge is 0.0541 e. The highest BCUT2D eigenvalue weighted by atomic mass is 32.2. The topological polar surface area (TPSA) is 19.7 Å². The van der Waals surface area contributed by atoms with Crippen LogP contribution in [0.4, 0.5) is 0 Å². The Balaban J connectivity index is 0.817. The van der Waals surface area contributed by atoms with Crippen molar-refractivity contribution in [2.75, 3.05) is 0 Å². The normalized spacial score (nSPS) is 13.0. The summed E-state index contributed by atoms with van der Waals surface area (Å²) in [5.74, 6) is 0. The second-order valence-electron chi connectivity index (χ2n) is 18.2. The summed E-state index contributed by atoms with van der Waals surface area (Å²) in [5, 5.41) is 8.95. The molecule has 0 unspecified atom stereocenters. The summed E-state index contributed by atoms with van der Waals surface area (Å²) in [5.41, 5.74) is 18.9. The van der Waals surface area contributed by atoms with Crippen LogP contribution < -0.4 is 0 Å². The largest absolute Gasteiger partial charge is 0.347 e. The number of benzene rings is 9. The number of allylic oxidation sites excluding steroid dienone is 1. The predicted octanol–water partition coefficient (Wildman–Crippen LogP) is 16.3. The van der Waals surface area contributed by atoms with Crippen molar-refractivity contribution in [1.29, 1.82) is 0 Å². The van der Waals surface area contributed by atoms with Crippen LogP contribution in [0.3, 0.4) is 0 Å². The maximum atomic E-state index is 2.45. The lowest BCUT2D eigenvalue weighted by molar-refractivity contribution is 0.830. The van der Waals surface area contributed by atoms with E-state index in [2.05, 4.69) is 239 Å². The Labute approximate surface area is 392 Å². The number of para-hydroxylation sites is 4. The molecule has 0 spiro atoms. The first-order valence-electron chi connectivity index (χ1n) is 23.2. The monoisotopic (exact) mass is 876 g/mol. The number of hydrogen-bond acceptors (Lipinski definition) is 1. The number of aromatic nitrogens is 4. The molecule has 4 nitrogen and oxygen atoms in total. The third kappa shape index (κ3) is 5.87. The Morgan fingerprint density at radius 2 is 0.806 bits per heavy atom. The molecule has 0 atom stereocenters. The highest BCUT2D eigenvalue weighted by Gasteiger charge is 2.21. The molecule has 13 aromatic rings. The lowest BCUT2D eigenvalue weighted by atomic mass is 9.91. The first kappa shape index (κ1) is 38.3. The SMILES string of the molecule is Cn1c2c(c3ccccc31)C=C(c1cccc(-n3c4ccccc4c4cc(Sc5ccc6c(c5)c5ccccc5n6-c5cccc(-c6ccc7c(c6)c6ccccc6n7C)c5)ccc43)c1)CC2. The molecule has 0 fully saturated rings.